The van der Waals surface area contributed by atoms with Crippen LogP contribution in [0.15, 0.2) is 18.2 Å². The molecule has 0 aliphatic rings. The maximum atomic E-state index is 13.9. The summed E-state index contributed by atoms with van der Waals surface area (Å²) in [7, 11) is 0. The van der Waals surface area contributed by atoms with Gasteiger partial charge in [-0.2, -0.15) is 0 Å². The maximum Gasteiger partial charge on any atom is 0.145 e. The Hall–Kier alpha value is -0.640. The number of hydrogen-bond donors (Lipinski definition) is 1. The molecule has 1 unspecified atom stereocenters. The van der Waals surface area contributed by atoms with E-state index in [2.05, 4.69) is 19.2 Å². The van der Waals surface area contributed by atoms with Crippen LogP contribution in [0.3, 0.4) is 0 Å². The Morgan fingerprint density at radius 2 is 2.11 bits per heavy atom. The molecule has 4 heteroatoms. The van der Waals surface area contributed by atoms with Crippen molar-refractivity contribution in [1.29, 1.82) is 0 Å². The number of nitrogens with one attached hydrogen (secondary N) is 1. The first-order valence-electron chi connectivity index (χ1n) is 6.93. The van der Waals surface area contributed by atoms with Gasteiger partial charge in [0.05, 0.1) is 11.6 Å². The van der Waals surface area contributed by atoms with Crippen LogP contribution in [0.5, 0.6) is 0 Å². The molecule has 108 valence electrons. The third-order valence-corrected chi connectivity index (χ3v) is 3.14. The van der Waals surface area contributed by atoms with Crippen LogP contribution in [0.1, 0.15) is 32.3 Å². The molecule has 1 rings (SSSR count). The second kappa shape index (κ2) is 9.29. The molecule has 1 aromatic carbocycles. The fraction of sp³-hybridized carbons (Fsp3) is 0.600. The second-order valence-corrected chi connectivity index (χ2v) is 5.05. The van der Waals surface area contributed by atoms with E-state index in [1.54, 1.807) is 18.2 Å². The summed E-state index contributed by atoms with van der Waals surface area (Å²) in [6.07, 6.45) is 2.63. The van der Waals surface area contributed by atoms with Gasteiger partial charge in [-0.1, -0.05) is 37.6 Å². The first kappa shape index (κ1) is 16.4. The first-order chi connectivity index (χ1) is 9.19. The molecule has 2 nitrogen and oxygen atoms in total. The molecule has 0 aliphatic heterocycles. The van der Waals surface area contributed by atoms with Crippen molar-refractivity contribution in [2.45, 2.75) is 39.2 Å². The zero-order chi connectivity index (χ0) is 14.1. The van der Waals surface area contributed by atoms with Gasteiger partial charge in [0.25, 0.3) is 0 Å². The van der Waals surface area contributed by atoms with Crippen molar-refractivity contribution >= 4 is 11.6 Å². The molecule has 0 radical (unpaired) electrons. The van der Waals surface area contributed by atoms with E-state index in [0.717, 1.165) is 26.0 Å². The maximum absolute atomic E-state index is 13.9. The molecule has 0 aliphatic carbocycles. The molecule has 1 aromatic rings. The highest BCUT2D eigenvalue weighted by molar-refractivity contribution is 6.30. The number of halogens is 2. The molecule has 19 heavy (non-hydrogen) atoms. The van der Waals surface area contributed by atoms with Crippen molar-refractivity contribution in [3.63, 3.8) is 0 Å². The first-order valence-corrected chi connectivity index (χ1v) is 7.30. The van der Waals surface area contributed by atoms with Crippen LogP contribution >= 0.6 is 11.6 Å². The molecule has 0 aromatic heterocycles. The van der Waals surface area contributed by atoms with Gasteiger partial charge in [0.2, 0.25) is 0 Å². The Morgan fingerprint density at radius 3 is 2.79 bits per heavy atom. The highest BCUT2D eigenvalue weighted by Crippen LogP contribution is 2.19. The van der Waals surface area contributed by atoms with Crippen molar-refractivity contribution in [2.75, 3.05) is 19.8 Å². The van der Waals surface area contributed by atoms with Crippen LogP contribution < -0.4 is 5.32 Å². The molecular weight excluding hydrogens is 265 g/mol. The van der Waals surface area contributed by atoms with Crippen LogP contribution in [0.4, 0.5) is 4.39 Å². The summed E-state index contributed by atoms with van der Waals surface area (Å²) in [6, 6.07) is 5.26. The second-order valence-electron chi connectivity index (χ2n) is 4.64. The van der Waals surface area contributed by atoms with Crippen LogP contribution in [-0.2, 0) is 11.2 Å². The Labute approximate surface area is 120 Å². The smallest absolute Gasteiger partial charge is 0.145 e. The fourth-order valence-electron chi connectivity index (χ4n) is 1.88. The van der Waals surface area contributed by atoms with Crippen molar-refractivity contribution in [1.82, 2.24) is 5.32 Å². The van der Waals surface area contributed by atoms with Gasteiger partial charge < -0.3 is 10.1 Å². The van der Waals surface area contributed by atoms with E-state index in [1.807, 2.05) is 0 Å². The molecular formula is C15H23ClFNO. The standard InChI is InChI=1S/C15H23ClFNO/c1-3-8-18-13(11-19-9-4-2)10-12-6-5-7-14(16)15(12)17/h5-7,13,18H,3-4,8-11H2,1-2H3. The average Bonchev–Trinajstić information content (AvgIpc) is 2.41. The summed E-state index contributed by atoms with van der Waals surface area (Å²) in [4.78, 5) is 0. The predicted octanol–water partition coefficient (Wildman–Crippen LogP) is 3.82. The fourth-order valence-corrected chi connectivity index (χ4v) is 2.07. The van der Waals surface area contributed by atoms with Gasteiger partial charge in [0.15, 0.2) is 0 Å². The quantitative estimate of drug-likeness (QED) is 0.697. The zero-order valence-corrected chi connectivity index (χ0v) is 12.5. The molecule has 0 heterocycles. The highest BCUT2D eigenvalue weighted by Gasteiger charge is 2.13. The summed E-state index contributed by atoms with van der Waals surface area (Å²) in [6.45, 7) is 6.42. The molecule has 0 fully saturated rings. The minimum atomic E-state index is -0.317. The Balaban J connectivity index is 2.61. The molecule has 0 spiro atoms. The molecule has 0 saturated heterocycles. The predicted molar refractivity (Wildman–Crippen MR) is 78.3 cm³/mol. The van der Waals surface area contributed by atoms with E-state index in [0.29, 0.717) is 18.6 Å². The van der Waals surface area contributed by atoms with Gasteiger partial charge in [-0.15, -0.1) is 0 Å². The van der Waals surface area contributed by atoms with E-state index in [-0.39, 0.29) is 16.9 Å². The Morgan fingerprint density at radius 1 is 1.32 bits per heavy atom. The average molecular weight is 288 g/mol. The summed E-state index contributed by atoms with van der Waals surface area (Å²) in [5.41, 5.74) is 0.640. The lowest BCUT2D eigenvalue weighted by Gasteiger charge is -2.19. The van der Waals surface area contributed by atoms with Crippen LogP contribution in [0.25, 0.3) is 0 Å². The van der Waals surface area contributed by atoms with E-state index in [4.69, 9.17) is 16.3 Å². The summed E-state index contributed by atoms with van der Waals surface area (Å²) in [5.74, 6) is -0.317. The van der Waals surface area contributed by atoms with Crippen molar-refractivity contribution in [3.05, 3.63) is 34.6 Å². The molecule has 1 atom stereocenters. The van der Waals surface area contributed by atoms with E-state index >= 15 is 0 Å². The lowest BCUT2D eigenvalue weighted by atomic mass is 10.1. The van der Waals surface area contributed by atoms with Crippen molar-refractivity contribution < 1.29 is 9.13 Å². The molecule has 0 bridgehead atoms. The van der Waals surface area contributed by atoms with Crippen molar-refractivity contribution in [2.24, 2.45) is 0 Å². The largest absolute Gasteiger partial charge is 0.380 e. The van der Waals surface area contributed by atoms with Gasteiger partial charge in [0, 0.05) is 12.6 Å². The van der Waals surface area contributed by atoms with Crippen LogP contribution in [0.2, 0.25) is 5.02 Å². The third kappa shape index (κ3) is 5.89. The minimum absolute atomic E-state index is 0.125. The Kier molecular flexibility index (Phi) is 8.03. The van der Waals surface area contributed by atoms with Gasteiger partial charge in [0.1, 0.15) is 5.82 Å². The third-order valence-electron chi connectivity index (χ3n) is 2.85. The van der Waals surface area contributed by atoms with Gasteiger partial charge in [-0.3, -0.25) is 0 Å². The normalized spacial score (nSPS) is 12.6. The lowest BCUT2D eigenvalue weighted by Crippen LogP contribution is -2.36. The number of ether oxygens (including phenoxy) is 1. The van der Waals surface area contributed by atoms with E-state index in [1.165, 1.54) is 0 Å². The molecule has 0 amide bonds. The summed E-state index contributed by atoms with van der Waals surface area (Å²) < 4.78 is 19.4. The summed E-state index contributed by atoms with van der Waals surface area (Å²) >= 11 is 5.80. The van der Waals surface area contributed by atoms with Crippen LogP contribution in [-0.4, -0.2) is 25.8 Å². The lowest BCUT2D eigenvalue weighted by molar-refractivity contribution is 0.111. The van der Waals surface area contributed by atoms with E-state index < -0.39 is 0 Å². The van der Waals surface area contributed by atoms with Crippen molar-refractivity contribution in [3.8, 4) is 0 Å². The highest BCUT2D eigenvalue weighted by atomic mass is 35.5. The topological polar surface area (TPSA) is 21.3 Å². The molecule has 0 saturated carbocycles. The zero-order valence-electron chi connectivity index (χ0n) is 11.7. The van der Waals surface area contributed by atoms with Crippen LogP contribution in [0, 0.1) is 5.82 Å². The van der Waals surface area contributed by atoms with Gasteiger partial charge >= 0.3 is 0 Å². The number of hydrogen-bond acceptors (Lipinski definition) is 2. The SMILES string of the molecule is CCCNC(COCCC)Cc1cccc(Cl)c1F. The Bertz CT molecular complexity index is 373. The number of benzene rings is 1. The van der Waals surface area contributed by atoms with Gasteiger partial charge in [-0.05, 0) is 37.4 Å². The molecule has 1 N–H and O–H groups in total. The summed E-state index contributed by atoms with van der Waals surface area (Å²) in [5, 5.41) is 3.57. The number of rotatable bonds is 9. The van der Waals surface area contributed by atoms with E-state index in [9.17, 15) is 4.39 Å². The van der Waals surface area contributed by atoms with Gasteiger partial charge in [-0.25, -0.2) is 4.39 Å². The monoisotopic (exact) mass is 287 g/mol. The minimum Gasteiger partial charge on any atom is -0.380 e.